The van der Waals surface area contributed by atoms with E-state index in [0.717, 1.165) is 0 Å². The predicted octanol–water partition coefficient (Wildman–Crippen LogP) is -5.11. The largest absolute Gasteiger partial charge is 0.445 e. The summed E-state index contributed by atoms with van der Waals surface area (Å²) in [4.78, 5) is 24.3. The summed E-state index contributed by atoms with van der Waals surface area (Å²) >= 11 is 0. The number of hydrogen-bond acceptors (Lipinski definition) is 13. The molecule has 10 atom stereocenters. The first-order valence-electron chi connectivity index (χ1n) is 9.01. The van der Waals surface area contributed by atoms with Gasteiger partial charge in [0.2, 0.25) is 5.60 Å². The number of carbonyl (C=O) groups excluding carboxylic acids is 2. The molecule has 0 unspecified atom stereocenters. The Morgan fingerprint density at radius 2 is 1.45 bits per heavy atom. The van der Waals surface area contributed by atoms with E-state index >= 15 is 0 Å². The van der Waals surface area contributed by atoms with Gasteiger partial charge in [0.05, 0.1) is 19.6 Å². The summed E-state index contributed by atoms with van der Waals surface area (Å²) in [6.45, 7) is -1.58. The molecule has 0 amide bonds. The van der Waals surface area contributed by atoms with E-state index in [1.165, 1.54) is 0 Å². The van der Waals surface area contributed by atoms with Crippen LogP contribution in [0.4, 0.5) is 0 Å². The maximum absolute atomic E-state index is 12.5. The topological polar surface area (TPSA) is 213 Å². The quantitative estimate of drug-likeness (QED) is 0.211. The molecule has 166 valence electrons. The average molecular weight is 424 g/mol. The van der Waals surface area contributed by atoms with Crippen LogP contribution >= 0.6 is 0 Å². The first-order chi connectivity index (χ1) is 13.7. The molecule has 0 bridgehead atoms. The van der Waals surface area contributed by atoms with Gasteiger partial charge in [-0.05, 0) is 0 Å². The summed E-state index contributed by atoms with van der Waals surface area (Å²) < 4.78 is 20.7. The zero-order chi connectivity index (χ0) is 21.5. The van der Waals surface area contributed by atoms with Crippen molar-refractivity contribution in [2.75, 3.05) is 13.2 Å². The van der Waals surface area contributed by atoms with Crippen LogP contribution in [0, 0.1) is 0 Å². The highest BCUT2D eigenvalue weighted by molar-refractivity contribution is 5.96. The number of Topliss-reactive ketones (excluding diaryl/α,β-unsaturated/α-hetero) is 1. The van der Waals surface area contributed by atoms with Crippen LogP contribution in [0.1, 0.15) is 12.8 Å². The van der Waals surface area contributed by atoms with Crippen LogP contribution in [-0.4, -0.2) is 122 Å². The molecule has 29 heavy (non-hydrogen) atoms. The minimum atomic E-state index is -2.47. The lowest BCUT2D eigenvalue weighted by Gasteiger charge is -2.51. The molecule has 13 heteroatoms. The molecule has 3 saturated heterocycles. The molecular formula is C16H24O13. The molecule has 0 radical (unpaired) electrons. The van der Waals surface area contributed by atoms with E-state index in [9.17, 15) is 45.3 Å². The second-order valence-electron chi connectivity index (χ2n) is 7.14. The molecule has 3 rings (SSSR count). The summed E-state index contributed by atoms with van der Waals surface area (Å²) in [6.07, 6.45) is -16.3. The lowest BCUT2D eigenvalue weighted by molar-refractivity contribution is -0.385. The fourth-order valence-corrected chi connectivity index (χ4v) is 3.69. The van der Waals surface area contributed by atoms with Crippen LogP contribution in [0.2, 0.25) is 0 Å². The zero-order valence-corrected chi connectivity index (χ0v) is 15.1. The third kappa shape index (κ3) is 3.67. The Morgan fingerprint density at radius 3 is 2.07 bits per heavy atom. The fourth-order valence-electron chi connectivity index (χ4n) is 3.69. The Balaban J connectivity index is 1.87. The normalized spacial score (nSPS) is 48.6. The maximum Gasteiger partial charge on any atom is 0.307 e. The highest BCUT2D eigenvalue weighted by Crippen LogP contribution is 2.39. The van der Waals surface area contributed by atoms with Crippen molar-refractivity contribution < 1.29 is 64.3 Å². The van der Waals surface area contributed by atoms with E-state index in [2.05, 4.69) is 0 Å². The van der Waals surface area contributed by atoms with Crippen LogP contribution in [0.25, 0.3) is 0 Å². The van der Waals surface area contributed by atoms with Gasteiger partial charge in [-0.1, -0.05) is 0 Å². The van der Waals surface area contributed by atoms with Crippen molar-refractivity contribution in [3.05, 3.63) is 0 Å². The average Bonchev–Trinajstić information content (AvgIpc) is 2.71. The van der Waals surface area contributed by atoms with Crippen molar-refractivity contribution in [2.45, 2.75) is 73.8 Å². The molecule has 0 saturated carbocycles. The SMILES string of the molecule is O=C1CCC(=O)[C@]2(O1)[C@H](O)[C@@H](CO)O[C@H](O[C@H]1O[C@H](CO)[C@@H](O)[C@H](O)[C@H]1O)[C@@H]2O. The monoisotopic (exact) mass is 424 g/mol. The van der Waals surface area contributed by atoms with Crippen LogP contribution in [0.15, 0.2) is 0 Å². The Kier molecular flexibility index (Phi) is 6.55. The van der Waals surface area contributed by atoms with Crippen LogP contribution in [-0.2, 0) is 28.5 Å². The second kappa shape index (κ2) is 8.47. The highest BCUT2D eigenvalue weighted by Gasteiger charge is 2.65. The number of aliphatic hydroxyl groups is 7. The minimum Gasteiger partial charge on any atom is -0.445 e. The van der Waals surface area contributed by atoms with Gasteiger partial charge in [0.25, 0.3) is 0 Å². The second-order valence-corrected chi connectivity index (χ2v) is 7.14. The Hall–Kier alpha value is -1.26. The fraction of sp³-hybridized carbons (Fsp3) is 0.875. The van der Waals surface area contributed by atoms with E-state index in [1.807, 2.05) is 0 Å². The lowest BCUT2D eigenvalue weighted by Crippen LogP contribution is -2.74. The third-order valence-electron chi connectivity index (χ3n) is 5.37. The van der Waals surface area contributed by atoms with Gasteiger partial charge in [-0.25, -0.2) is 0 Å². The van der Waals surface area contributed by atoms with Gasteiger partial charge in [-0.15, -0.1) is 0 Å². The molecule has 3 heterocycles. The number of carbonyl (C=O) groups is 2. The first kappa shape index (κ1) is 22.4. The van der Waals surface area contributed by atoms with Gasteiger partial charge in [0.1, 0.15) is 36.6 Å². The number of hydrogen-bond donors (Lipinski definition) is 7. The lowest BCUT2D eigenvalue weighted by atomic mass is 9.77. The Bertz CT molecular complexity index is 626. The van der Waals surface area contributed by atoms with E-state index in [1.54, 1.807) is 0 Å². The van der Waals surface area contributed by atoms with E-state index in [0.29, 0.717) is 0 Å². The van der Waals surface area contributed by atoms with Crippen LogP contribution in [0.3, 0.4) is 0 Å². The Labute approximate surface area is 164 Å². The zero-order valence-electron chi connectivity index (χ0n) is 15.1. The number of ketones is 1. The standard InChI is InChI=1S/C16H24O13/c17-3-5-9(21)10(22)11(23)14(26-5)28-15-13(25)16(12(24)6(4-18)27-15)7(19)1-2-8(20)29-16/h5-6,9-15,17-18,21-25H,1-4H2/t5-,6-,9-,10+,11-,12-,13+,14-,15-,16+/m1/s1. The maximum atomic E-state index is 12.5. The summed E-state index contributed by atoms with van der Waals surface area (Å²) in [6, 6.07) is 0. The van der Waals surface area contributed by atoms with Crippen LogP contribution in [0.5, 0.6) is 0 Å². The molecule has 3 aliphatic heterocycles. The van der Waals surface area contributed by atoms with Gasteiger partial charge < -0.3 is 54.7 Å². The summed E-state index contributed by atoms with van der Waals surface area (Å²) in [5.74, 6) is -1.69. The highest BCUT2D eigenvalue weighted by atomic mass is 16.8. The molecule has 0 aliphatic carbocycles. The number of ether oxygens (including phenoxy) is 4. The summed E-state index contributed by atoms with van der Waals surface area (Å²) in [5, 5.41) is 69.6. The predicted molar refractivity (Wildman–Crippen MR) is 85.7 cm³/mol. The van der Waals surface area contributed by atoms with Gasteiger partial charge in [0.15, 0.2) is 24.5 Å². The molecule has 0 aromatic rings. The molecular weight excluding hydrogens is 400 g/mol. The van der Waals surface area contributed by atoms with Crippen molar-refractivity contribution in [3.63, 3.8) is 0 Å². The number of aliphatic hydroxyl groups excluding tert-OH is 7. The van der Waals surface area contributed by atoms with Crippen molar-refractivity contribution in [2.24, 2.45) is 0 Å². The molecule has 7 N–H and O–H groups in total. The van der Waals surface area contributed by atoms with Crippen molar-refractivity contribution in [1.29, 1.82) is 0 Å². The first-order valence-corrected chi connectivity index (χ1v) is 9.01. The molecule has 0 aromatic heterocycles. The molecule has 1 spiro atoms. The van der Waals surface area contributed by atoms with E-state index < -0.39 is 85.9 Å². The van der Waals surface area contributed by atoms with Gasteiger partial charge >= 0.3 is 5.97 Å². The third-order valence-corrected chi connectivity index (χ3v) is 5.37. The number of rotatable bonds is 4. The Morgan fingerprint density at radius 1 is 0.828 bits per heavy atom. The smallest absolute Gasteiger partial charge is 0.307 e. The van der Waals surface area contributed by atoms with Gasteiger partial charge in [-0.3, -0.25) is 9.59 Å². The minimum absolute atomic E-state index is 0.261. The van der Waals surface area contributed by atoms with Crippen molar-refractivity contribution in [3.8, 4) is 0 Å². The van der Waals surface area contributed by atoms with Crippen molar-refractivity contribution >= 4 is 11.8 Å². The van der Waals surface area contributed by atoms with E-state index in [-0.39, 0.29) is 12.8 Å². The van der Waals surface area contributed by atoms with E-state index in [4.69, 9.17) is 18.9 Å². The molecule has 3 fully saturated rings. The summed E-state index contributed by atoms with van der Waals surface area (Å²) in [5.41, 5.74) is -2.47. The summed E-state index contributed by atoms with van der Waals surface area (Å²) in [7, 11) is 0. The molecule has 3 aliphatic rings. The van der Waals surface area contributed by atoms with Crippen molar-refractivity contribution in [1.82, 2.24) is 0 Å². The molecule has 13 nitrogen and oxygen atoms in total. The number of esters is 1. The molecule has 0 aromatic carbocycles. The van der Waals surface area contributed by atoms with Gasteiger partial charge in [0, 0.05) is 6.42 Å². The van der Waals surface area contributed by atoms with Crippen LogP contribution < -0.4 is 0 Å². The van der Waals surface area contributed by atoms with Gasteiger partial charge in [-0.2, -0.15) is 0 Å².